The number of nitrogens with zero attached hydrogens (tertiary/aromatic N) is 3. The highest BCUT2D eigenvalue weighted by Gasteiger charge is 2.33. The second-order valence-electron chi connectivity index (χ2n) is 4.88. The van der Waals surface area contributed by atoms with E-state index in [0.717, 1.165) is 23.9 Å². The van der Waals surface area contributed by atoms with E-state index in [0.29, 0.717) is 0 Å². The summed E-state index contributed by atoms with van der Waals surface area (Å²) in [5, 5.41) is 20.2. The molecule has 10 heteroatoms. The minimum absolute atomic E-state index is 0.0226. The van der Waals surface area contributed by atoms with E-state index < -0.39 is 17.6 Å². The Morgan fingerprint density at radius 1 is 1.23 bits per heavy atom. The second kappa shape index (κ2) is 7.76. The quantitative estimate of drug-likeness (QED) is 0.791. The number of hydrogen-bond acceptors (Lipinski definition) is 6. The van der Waals surface area contributed by atoms with Crippen molar-refractivity contribution in [1.29, 1.82) is 10.5 Å². The Bertz CT molecular complexity index is 931. The lowest BCUT2D eigenvalue weighted by molar-refractivity contribution is -0.137. The zero-order valence-corrected chi connectivity index (χ0v) is 13.8. The van der Waals surface area contributed by atoms with Crippen molar-refractivity contribution in [3.63, 3.8) is 0 Å². The summed E-state index contributed by atoms with van der Waals surface area (Å²) < 4.78 is 38.8. The highest BCUT2D eigenvalue weighted by Crippen LogP contribution is 2.34. The van der Waals surface area contributed by atoms with Gasteiger partial charge in [0.15, 0.2) is 0 Å². The number of carbonyl (C=O) groups excluding carboxylic acids is 1. The third-order valence-electron chi connectivity index (χ3n) is 3.10. The normalized spacial score (nSPS) is 10.7. The predicted molar refractivity (Wildman–Crippen MR) is 88.9 cm³/mol. The summed E-state index contributed by atoms with van der Waals surface area (Å²) in [5.74, 6) is -1.10. The number of benzene rings is 1. The van der Waals surface area contributed by atoms with E-state index in [9.17, 15) is 18.0 Å². The average molecular weight is 377 g/mol. The molecule has 0 saturated heterocycles. The second-order valence-corrected chi connectivity index (χ2v) is 5.84. The lowest BCUT2D eigenvalue weighted by Crippen LogP contribution is -2.18. The van der Waals surface area contributed by atoms with Crippen LogP contribution in [0.2, 0.25) is 0 Å². The molecular formula is C16H10F3N5OS. The molecule has 0 aliphatic carbocycles. The van der Waals surface area contributed by atoms with Crippen LogP contribution in [0.25, 0.3) is 0 Å². The van der Waals surface area contributed by atoms with Gasteiger partial charge in [-0.25, -0.2) is 4.98 Å². The molecule has 0 bridgehead atoms. The highest BCUT2D eigenvalue weighted by molar-refractivity contribution is 8.00. The lowest BCUT2D eigenvalue weighted by atomic mass is 10.1. The number of alkyl halides is 3. The fourth-order valence-corrected chi connectivity index (χ4v) is 2.71. The fraction of sp³-hybridized carbons (Fsp3) is 0.125. The van der Waals surface area contributed by atoms with E-state index >= 15 is 0 Å². The van der Waals surface area contributed by atoms with Crippen molar-refractivity contribution in [3.8, 4) is 12.1 Å². The number of anilines is 2. The molecule has 0 aliphatic heterocycles. The number of rotatable bonds is 4. The van der Waals surface area contributed by atoms with Crippen LogP contribution in [-0.2, 0) is 11.0 Å². The third-order valence-corrected chi connectivity index (χ3v) is 4.10. The summed E-state index contributed by atoms with van der Waals surface area (Å²) in [6, 6.07) is 9.44. The van der Waals surface area contributed by atoms with Crippen molar-refractivity contribution < 1.29 is 18.0 Å². The maximum Gasteiger partial charge on any atom is 0.418 e. The number of pyridine rings is 1. The minimum Gasteiger partial charge on any atom is -0.383 e. The summed E-state index contributed by atoms with van der Waals surface area (Å²) in [4.78, 5) is 15.9. The van der Waals surface area contributed by atoms with Gasteiger partial charge in [0, 0.05) is 0 Å². The first kappa shape index (κ1) is 19.1. The number of nitrogen functional groups attached to an aromatic ring is 1. The van der Waals surface area contributed by atoms with Gasteiger partial charge in [0.2, 0.25) is 5.91 Å². The van der Waals surface area contributed by atoms with Crippen LogP contribution >= 0.6 is 11.8 Å². The Balaban J connectivity index is 2.13. The number of hydrogen-bond donors (Lipinski definition) is 2. The van der Waals surface area contributed by atoms with Crippen LogP contribution < -0.4 is 11.1 Å². The Morgan fingerprint density at radius 2 is 1.88 bits per heavy atom. The SMILES string of the molecule is N#Cc1cc(C#N)c(SCC(=O)Nc2ccccc2C(F)(F)F)nc1N. The maximum atomic E-state index is 12.9. The molecule has 26 heavy (non-hydrogen) atoms. The Morgan fingerprint density at radius 3 is 2.50 bits per heavy atom. The van der Waals surface area contributed by atoms with Gasteiger partial charge < -0.3 is 11.1 Å². The first-order valence-electron chi connectivity index (χ1n) is 6.96. The first-order valence-corrected chi connectivity index (χ1v) is 7.94. The zero-order valence-electron chi connectivity index (χ0n) is 13.0. The smallest absolute Gasteiger partial charge is 0.383 e. The molecule has 1 aromatic carbocycles. The van der Waals surface area contributed by atoms with Gasteiger partial charge in [0.1, 0.15) is 23.0 Å². The Labute approximate surface area is 150 Å². The van der Waals surface area contributed by atoms with Crippen molar-refractivity contribution in [2.45, 2.75) is 11.2 Å². The number of para-hydroxylation sites is 1. The molecule has 132 valence electrons. The number of halogens is 3. The molecular weight excluding hydrogens is 367 g/mol. The van der Waals surface area contributed by atoms with E-state index in [2.05, 4.69) is 10.3 Å². The van der Waals surface area contributed by atoms with Gasteiger partial charge in [-0.2, -0.15) is 23.7 Å². The highest BCUT2D eigenvalue weighted by atomic mass is 32.2. The molecule has 0 unspecified atom stereocenters. The molecule has 2 aromatic rings. The van der Waals surface area contributed by atoms with E-state index in [1.54, 1.807) is 6.07 Å². The van der Waals surface area contributed by atoms with Gasteiger partial charge in [0.25, 0.3) is 0 Å². The van der Waals surface area contributed by atoms with Crippen molar-refractivity contribution in [2.75, 3.05) is 16.8 Å². The van der Waals surface area contributed by atoms with Crippen molar-refractivity contribution in [2.24, 2.45) is 0 Å². The van der Waals surface area contributed by atoms with Crippen LogP contribution in [0.4, 0.5) is 24.7 Å². The Hall–Kier alpha value is -3.24. The topological polar surface area (TPSA) is 116 Å². The first-order chi connectivity index (χ1) is 12.3. The van der Waals surface area contributed by atoms with Crippen molar-refractivity contribution in [3.05, 3.63) is 47.0 Å². The molecule has 6 nitrogen and oxygen atoms in total. The molecule has 1 aromatic heterocycles. The molecule has 0 aliphatic rings. The maximum absolute atomic E-state index is 12.9. The van der Waals surface area contributed by atoms with Gasteiger partial charge >= 0.3 is 6.18 Å². The molecule has 0 saturated carbocycles. The van der Waals surface area contributed by atoms with Crippen LogP contribution in [0, 0.1) is 22.7 Å². The van der Waals surface area contributed by atoms with E-state index in [1.807, 2.05) is 6.07 Å². The Kier molecular flexibility index (Phi) is 5.70. The molecule has 3 N–H and O–H groups in total. The summed E-state index contributed by atoms with van der Waals surface area (Å²) in [6.07, 6.45) is -4.60. The standard InChI is InChI=1S/C16H10F3N5OS/c17-16(18,19)11-3-1-2-4-12(11)23-13(25)8-26-15-10(7-21)5-9(6-20)14(22)24-15/h1-5H,8H2,(H2,22,24)(H,23,25). The molecule has 0 spiro atoms. The van der Waals surface area contributed by atoms with Gasteiger partial charge in [-0.3, -0.25) is 4.79 Å². The molecule has 0 radical (unpaired) electrons. The number of aromatic nitrogens is 1. The monoisotopic (exact) mass is 377 g/mol. The van der Waals surface area contributed by atoms with Crippen molar-refractivity contribution in [1.82, 2.24) is 4.98 Å². The van der Waals surface area contributed by atoms with Crippen LogP contribution in [0.5, 0.6) is 0 Å². The van der Waals surface area contributed by atoms with Crippen LogP contribution in [0.15, 0.2) is 35.4 Å². The van der Waals surface area contributed by atoms with Gasteiger partial charge in [-0.1, -0.05) is 23.9 Å². The number of nitriles is 2. The largest absolute Gasteiger partial charge is 0.418 e. The zero-order chi connectivity index (χ0) is 19.3. The van der Waals surface area contributed by atoms with Crippen LogP contribution in [0.1, 0.15) is 16.7 Å². The number of nitrogens with two attached hydrogens (primary N) is 1. The molecule has 0 atom stereocenters. The molecule has 1 amide bonds. The summed E-state index contributed by atoms with van der Waals surface area (Å²) >= 11 is 0.829. The van der Waals surface area contributed by atoms with Crippen LogP contribution in [0.3, 0.4) is 0 Å². The number of nitrogens with one attached hydrogen (secondary N) is 1. The fourth-order valence-electron chi connectivity index (χ4n) is 1.95. The summed E-state index contributed by atoms with van der Waals surface area (Å²) in [7, 11) is 0. The number of carbonyl (C=O) groups is 1. The minimum atomic E-state index is -4.60. The van der Waals surface area contributed by atoms with E-state index in [-0.39, 0.29) is 33.4 Å². The van der Waals surface area contributed by atoms with Crippen molar-refractivity contribution >= 4 is 29.2 Å². The summed E-state index contributed by atoms with van der Waals surface area (Å²) in [6.45, 7) is 0. The molecule has 0 fully saturated rings. The lowest BCUT2D eigenvalue weighted by Gasteiger charge is -2.13. The third kappa shape index (κ3) is 4.43. The predicted octanol–water partition coefficient (Wildman–Crippen LogP) is 3.16. The van der Waals surface area contributed by atoms with Gasteiger partial charge in [-0.05, 0) is 18.2 Å². The molecule has 1 heterocycles. The van der Waals surface area contributed by atoms with E-state index in [4.69, 9.17) is 16.3 Å². The van der Waals surface area contributed by atoms with E-state index in [1.165, 1.54) is 18.2 Å². The molecule has 2 rings (SSSR count). The number of thioether (sulfide) groups is 1. The van der Waals surface area contributed by atoms with Gasteiger partial charge in [0.05, 0.1) is 28.1 Å². The number of amides is 1. The van der Waals surface area contributed by atoms with Gasteiger partial charge in [-0.15, -0.1) is 0 Å². The van der Waals surface area contributed by atoms with Crippen LogP contribution in [-0.4, -0.2) is 16.6 Å². The average Bonchev–Trinajstić information content (AvgIpc) is 2.59. The summed E-state index contributed by atoms with van der Waals surface area (Å²) in [5.41, 5.74) is 4.32.